The summed E-state index contributed by atoms with van der Waals surface area (Å²) in [6, 6.07) is 15.7. The Hall–Kier alpha value is -1.54. The Kier molecular flexibility index (Phi) is 5.72. The number of benzene rings is 2. The number of halogens is 2. The molecule has 2 aliphatic rings. The van der Waals surface area contributed by atoms with Crippen molar-refractivity contribution in [1.82, 2.24) is 0 Å². The van der Waals surface area contributed by atoms with E-state index in [0.29, 0.717) is 0 Å². The van der Waals surface area contributed by atoms with Crippen LogP contribution in [0.3, 0.4) is 0 Å². The molecule has 1 unspecified atom stereocenters. The molecule has 0 spiro atoms. The number of hydrogen-bond donors (Lipinski definition) is 0. The first-order chi connectivity index (χ1) is 14.7. The van der Waals surface area contributed by atoms with E-state index in [4.69, 9.17) is 22.2 Å². The summed E-state index contributed by atoms with van der Waals surface area (Å²) in [5, 5.41) is 2.35. The lowest BCUT2D eigenvalue weighted by atomic mass is 9.75. The second-order valence-corrected chi connectivity index (χ2v) is 17.8. The Bertz CT molecular complexity index is 1140. The van der Waals surface area contributed by atoms with E-state index in [2.05, 4.69) is 110 Å². The van der Waals surface area contributed by atoms with E-state index in [9.17, 15) is 0 Å². The van der Waals surface area contributed by atoms with Crippen molar-refractivity contribution in [2.75, 3.05) is 0 Å². The first-order valence-corrected chi connectivity index (χ1v) is 15.5. The summed E-state index contributed by atoms with van der Waals surface area (Å²) in [6.07, 6.45) is 4.64. The fourth-order valence-corrected chi connectivity index (χ4v) is 8.94. The molecule has 0 saturated heterocycles. The van der Waals surface area contributed by atoms with Gasteiger partial charge in [0, 0.05) is 5.92 Å². The van der Waals surface area contributed by atoms with Crippen molar-refractivity contribution in [1.29, 1.82) is 0 Å². The largest absolute Gasteiger partial charge is 0.307 e. The van der Waals surface area contributed by atoms with Crippen molar-refractivity contribution in [3.05, 3.63) is 93.2 Å². The molecule has 1 atom stereocenters. The Morgan fingerprint density at radius 3 is 1.91 bits per heavy atom. The minimum absolute atomic E-state index is 0.0638. The molecule has 32 heavy (non-hydrogen) atoms. The van der Waals surface area contributed by atoms with Crippen LogP contribution in [0.1, 0.15) is 83.6 Å². The summed E-state index contributed by atoms with van der Waals surface area (Å²) in [6.45, 7) is 15.3. The molecule has 168 valence electrons. The van der Waals surface area contributed by atoms with Crippen LogP contribution in [0.2, 0.25) is 0 Å². The van der Waals surface area contributed by atoms with Gasteiger partial charge in [-0.25, -0.2) is 0 Å². The zero-order valence-electron chi connectivity index (χ0n) is 20.5. The summed E-state index contributed by atoms with van der Waals surface area (Å²) in [5.41, 5.74) is 9.24. The normalized spacial score (nSPS) is 19.8. The predicted molar refractivity (Wildman–Crippen MR) is 145 cm³/mol. The number of fused-ring (bicyclic) bond motifs is 3. The highest BCUT2D eigenvalue weighted by atomic mass is 35.7. The van der Waals surface area contributed by atoms with Gasteiger partial charge in [0.2, 0.25) is 0 Å². The molecule has 1 aliphatic heterocycles. The summed E-state index contributed by atoms with van der Waals surface area (Å²) in [4.78, 5) is 0. The van der Waals surface area contributed by atoms with Crippen LogP contribution in [-0.4, -0.2) is 6.69 Å². The van der Waals surface area contributed by atoms with Crippen LogP contribution in [0.5, 0.6) is 0 Å². The van der Waals surface area contributed by atoms with Gasteiger partial charge in [0.1, 0.15) is 0 Å². The van der Waals surface area contributed by atoms with Gasteiger partial charge in [-0.3, -0.25) is 0 Å². The maximum absolute atomic E-state index is 7.19. The van der Waals surface area contributed by atoms with Gasteiger partial charge in [0.25, 0.3) is 0 Å². The van der Waals surface area contributed by atoms with Gasteiger partial charge in [0.15, 0.2) is 0 Å². The first-order valence-electron chi connectivity index (χ1n) is 11.5. The Balaban J connectivity index is 2.02. The molecule has 1 aliphatic carbocycles. The molecule has 2 aromatic carbocycles. The highest BCUT2D eigenvalue weighted by Crippen LogP contribution is 2.52. The highest BCUT2D eigenvalue weighted by molar-refractivity contribution is 7.54. The molecule has 3 heteroatoms. The molecule has 2 aromatic rings. The van der Waals surface area contributed by atoms with E-state index < -0.39 is 6.69 Å². The smallest absolute Gasteiger partial charge is 0.134 e. The third-order valence-corrected chi connectivity index (χ3v) is 11.6. The minimum atomic E-state index is -2.76. The monoisotopic (exact) mass is 480 g/mol. The van der Waals surface area contributed by atoms with Crippen LogP contribution in [-0.2, 0) is 10.8 Å². The number of hydrogen-bond acceptors (Lipinski definition) is 0. The van der Waals surface area contributed by atoms with Crippen molar-refractivity contribution in [2.24, 2.45) is 0 Å². The van der Waals surface area contributed by atoms with Crippen molar-refractivity contribution in [2.45, 2.75) is 72.1 Å². The average molecular weight is 482 g/mol. The van der Waals surface area contributed by atoms with Gasteiger partial charge in [-0.05, 0) is 68.5 Å². The third-order valence-electron chi connectivity index (χ3n) is 6.79. The second-order valence-electron chi connectivity index (χ2n) is 11.5. The number of allylic oxidation sites excluding steroid dienone is 6. The lowest BCUT2D eigenvalue weighted by molar-refractivity contribution is 0.568. The van der Waals surface area contributed by atoms with E-state index in [1.165, 1.54) is 44.2 Å². The Morgan fingerprint density at radius 1 is 0.812 bits per heavy atom. The molecule has 0 bridgehead atoms. The van der Waals surface area contributed by atoms with E-state index in [1.54, 1.807) is 0 Å². The minimum Gasteiger partial charge on any atom is -0.134 e. The second kappa shape index (κ2) is 7.76. The average Bonchev–Trinajstić information content (AvgIpc) is 2.93. The van der Waals surface area contributed by atoms with Crippen LogP contribution in [0, 0.1) is 0 Å². The third kappa shape index (κ3) is 3.98. The van der Waals surface area contributed by atoms with E-state index in [0.717, 1.165) is 5.19 Å². The van der Waals surface area contributed by atoms with Gasteiger partial charge in [0.05, 0.1) is 0 Å². The van der Waals surface area contributed by atoms with Crippen molar-refractivity contribution in [3.8, 4) is 0 Å². The topological polar surface area (TPSA) is 0 Å². The molecular formula is C29H34Cl2Si. The molecule has 0 aromatic heterocycles. The zero-order valence-corrected chi connectivity index (χ0v) is 23.0. The van der Waals surface area contributed by atoms with E-state index >= 15 is 0 Å². The van der Waals surface area contributed by atoms with Crippen LogP contribution >= 0.6 is 22.2 Å². The molecule has 0 N–H and O–H groups in total. The predicted octanol–water partition coefficient (Wildman–Crippen LogP) is 8.40. The molecule has 1 heterocycles. The molecule has 0 amide bonds. The molecule has 0 fully saturated rings. The van der Waals surface area contributed by atoms with Crippen LogP contribution in [0.4, 0.5) is 0 Å². The molecule has 0 saturated carbocycles. The molecule has 0 radical (unpaired) electrons. The van der Waals surface area contributed by atoms with Crippen LogP contribution < -0.4 is 5.19 Å². The summed E-state index contributed by atoms with van der Waals surface area (Å²) < 4.78 is 0. The summed E-state index contributed by atoms with van der Waals surface area (Å²) in [7, 11) is 0. The van der Waals surface area contributed by atoms with Gasteiger partial charge in [-0.15, -0.1) is 22.2 Å². The maximum Gasteiger partial charge on any atom is 0.307 e. The standard InChI is InChI=1S/C29H34Cl2Si/c1-18(2)19-15-24(20-13-21(28(3,4)5)17-22(14-20)29(6,7)8)27-23-11-9-10-12-25(23)32(30,31)26(27)16-19/h9-17,27H,1-8H3. The Labute approximate surface area is 204 Å². The maximum atomic E-state index is 7.19. The van der Waals surface area contributed by atoms with Gasteiger partial charge >= 0.3 is 6.69 Å². The zero-order chi connectivity index (χ0) is 23.6. The molecule has 4 rings (SSSR count). The highest BCUT2D eigenvalue weighted by Gasteiger charge is 2.50. The van der Waals surface area contributed by atoms with Crippen LogP contribution in [0.25, 0.3) is 5.57 Å². The SMILES string of the molecule is CC(C)=C1C=C(c2cc(C(C)(C)C)cc(C(C)(C)C)c2)C2C(=C1)[Si](Cl)(Cl)c1ccccc12. The fourth-order valence-electron chi connectivity index (χ4n) is 4.71. The van der Waals surface area contributed by atoms with E-state index in [-0.39, 0.29) is 16.7 Å². The molecule has 0 nitrogen and oxygen atoms in total. The lowest BCUT2D eigenvalue weighted by Crippen LogP contribution is -2.35. The van der Waals surface area contributed by atoms with Crippen molar-refractivity contribution >= 4 is 39.6 Å². The molecular weight excluding hydrogens is 447 g/mol. The van der Waals surface area contributed by atoms with E-state index in [1.807, 2.05) is 0 Å². The number of rotatable bonds is 1. The van der Waals surface area contributed by atoms with Gasteiger partial charge < -0.3 is 0 Å². The fraction of sp³-hybridized carbons (Fsp3) is 0.379. The first kappa shape index (κ1) is 23.6. The van der Waals surface area contributed by atoms with Crippen molar-refractivity contribution < 1.29 is 0 Å². The van der Waals surface area contributed by atoms with Crippen LogP contribution in [0.15, 0.2) is 71.0 Å². The van der Waals surface area contributed by atoms with Gasteiger partial charge in [-0.2, -0.15) is 0 Å². The lowest BCUT2D eigenvalue weighted by Gasteiger charge is -2.30. The quantitative estimate of drug-likeness (QED) is 0.283. The summed E-state index contributed by atoms with van der Waals surface area (Å²) in [5.74, 6) is 0.124. The Morgan fingerprint density at radius 2 is 1.38 bits per heavy atom. The van der Waals surface area contributed by atoms with Crippen molar-refractivity contribution in [3.63, 3.8) is 0 Å². The summed E-state index contributed by atoms with van der Waals surface area (Å²) >= 11 is 14.4. The van der Waals surface area contributed by atoms with Gasteiger partial charge in [-0.1, -0.05) is 102 Å².